The molecule has 3 aromatic heterocycles. The summed E-state index contributed by atoms with van der Waals surface area (Å²) in [6, 6.07) is 10.7. The van der Waals surface area contributed by atoms with Crippen molar-refractivity contribution in [3.63, 3.8) is 0 Å². The van der Waals surface area contributed by atoms with Crippen LogP contribution in [0.15, 0.2) is 55.1 Å². The van der Waals surface area contributed by atoms with E-state index in [9.17, 15) is 23.6 Å². The molecule has 2 amide bonds. The van der Waals surface area contributed by atoms with Crippen LogP contribution in [0.4, 0.5) is 26.2 Å². The number of alkyl halides is 2. The van der Waals surface area contributed by atoms with Crippen LogP contribution in [0, 0.1) is 27.6 Å². The van der Waals surface area contributed by atoms with E-state index in [1.165, 1.54) is 0 Å². The van der Waals surface area contributed by atoms with Gasteiger partial charge in [-0.15, -0.1) is 0 Å². The van der Waals surface area contributed by atoms with Crippen molar-refractivity contribution in [1.82, 2.24) is 39.7 Å². The maximum absolute atomic E-state index is 14.8. The van der Waals surface area contributed by atoms with Gasteiger partial charge in [-0.3, -0.25) is 19.0 Å². The van der Waals surface area contributed by atoms with Gasteiger partial charge < -0.3 is 24.8 Å². The Bertz CT molecular complexity index is 2820. The van der Waals surface area contributed by atoms with Crippen molar-refractivity contribution in [2.75, 3.05) is 36.0 Å². The number of aryl methyl sites for hydroxylation is 2. The summed E-state index contributed by atoms with van der Waals surface area (Å²) >= 11 is 6.28. The summed E-state index contributed by atoms with van der Waals surface area (Å²) in [7, 11) is 1.79. The van der Waals surface area contributed by atoms with E-state index >= 15 is 0 Å². The number of ether oxygens (including phenoxy) is 1. The average Bonchev–Trinajstić information content (AvgIpc) is 3.95. The van der Waals surface area contributed by atoms with Gasteiger partial charge in [0, 0.05) is 116 Å². The van der Waals surface area contributed by atoms with Crippen LogP contribution in [0.1, 0.15) is 130 Å². The monoisotopic (exact) mass is 959 g/mol. The number of benzene rings is 2. The summed E-state index contributed by atoms with van der Waals surface area (Å²) in [5, 5.41) is 22.5. The molecular formula is C52H60ClF2N11O3. The van der Waals surface area contributed by atoms with E-state index in [0.717, 1.165) is 92.8 Å². The molecule has 14 nitrogen and oxygen atoms in total. The molecule has 2 aliphatic carbocycles. The summed E-state index contributed by atoms with van der Waals surface area (Å²) in [5.41, 5.74) is 5.31. The van der Waals surface area contributed by atoms with Gasteiger partial charge in [0.2, 0.25) is 11.9 Å². The fourth-order valence-corrected chi connectivity index (χ4v) is 12.8. The number of nitriles is 1. The molecule has 1 saturated heterocycles. The number of piperidine rings is 1. The van der Waals surface area contributed by atoms with E-state index in [1.807, 2.05) is 11.0 Å². The zero-order chi connectivity index (χ0) is 48.6. The lowest BCUT2D eigenvalue weighted by molar-refractivity contribution is -0.164. The number of rotatable bonds is 9. The molecule has 362 valence electrons. The van der Waals surface area contributed by atoms with Crippen molar-refractivity contribution in [3.8, 4) is 22.9 Å². The van der Waals surface area contributed by atoms with Gasteiger partial charge in [-0.2, -0.15) is 15.5 Å². The Balaban J connectivity index is 0.790. The van der Waals surface area contributed by atoms with Crippen LogP contribution in [-0.2, 0) is 31.2 Å². The molecule has 0 bridgehead atoms. The third kappa shape index (κ3) is 8.38. The van der Waals surface area contributed by atoms with Crippen LogP contribution >= 0.6 is 11.6 Å². The van der Waals surface area contributed by atoms with Gasteiger partial charge in [0.1, 0.15) is 17.9 Å². The van der Waals surface area contributed by atoms with Crippen molar-refractivity contribution in [2.45, 2.75) is 124 Å². The second-order valence-electron chi connectivity index (χ2n) is 21.2. The first-order chi connectivity index (χ1) is 33.0. The number of fused-ring (bicyclic) bond motifs is 2. The number of hydrogen-bond donors (Lipinski definition) is 1. The van der Waals surface area contributed by atoms with Gasteiger partial charge in [0.25, 0.3) is 12.3 Å². The van der Waals surface area contributed by atoms with Gasteiger partial charge in [-0.05, 0) is 92.2 Å². The quantitative estimate of drug-likeness (QED) is 0.151. The Kier molecular flexibility index (Phi) is 12.0. The van der Waals surface area contributed by atoms with Crippen LogP contribution in [0.5, 0.6) is 5.75 Å². The van der Waals surface area contributed by atoms with E-state index in [1.54, 1.807) is 67.7 Å². The molecule has 5 aliphatic rings. The molecule has 6 heterocycles. The van der Waals surface area contributed by atoms with E-state index in [4.69, 9.17) is 21.4 Å². The predicted octanol–water partition coefficient (Wildman–Crippen LogP) is 9.54. The summed E-state index contributed by atoms with van der Waals surface area (Å²) < 4.78 is 39.9. The molecule has 10 rings (SSSR count). The van der Waals surface area contributed by atoms with Gasteiger partial charge in [0.05, 0.1) is 34.9 Å². The normalized spacial score (nSPS) is 21.6. The maximum atomic E-state index is 14.8. The van der Waals surface area contributed by atoms with Crippen molar-refractivity contribution < 1.29 is 23.1 Å². The first-order valence-corrected chi connectivity index (χ1v) is 24.7. The number of halogens is 3. The average molecular weight is 961 g/mol. The van der Waals surface area contributed by atoms with E-state index in [-0.39, 0.29) is 41.0 Å². The van der Waals surface area contributed by atoms with Crippen LogP contribution in [0.25, 0.3) is 11.1 Å². The minimum atomic E-state index is -2.67. The lowest BCUT2D eigenvalue weighted by atomic mass is 9.49. The maximum Gasteiger partial charge on any atom is 0.264 e. The molecule has 1 N–H and O–H groups in total. The van der Waals surface area contributed by atoms with E-state index in [0.29, 0.717) is 65.0 Å². The molecule has 1 spiro atoms. The van der Waals surface area contributed by atoms with E-state index in [2.05, 4.69) is 68.6 Å². The van der Waals surface area contributed by atoms with Gasteiger partial charge >= 0.3 is 0 Å². The number of nitrogens with zero attached hydrogens (tertiary/aromatic N) is 10. The molecular weight excluding hydrogens is 900 g/mol. The SMILES string of the molecule is CC(=O)N1CCc2c(c(N3CCCc4cc(-c5cnn(C)c5)c(C(F)F)cc43)nn2C2CCC3(CC2)CCN(c2ncc(C(=O)NC4C(C)(C)C(Oc5ccc(C#N)c(Cl)c5)C4(C)C)cn2)CC3)C1. The lowest BCUT2D eigenvalue weighted by Crippen LogP contribution is -2.74. The first kappa shape index (κ1) is 46.6. The van der Waals surface area contributed by atoms with Crippen LogP contribution in [-0.4, -0.2) is 84.6 Å². The topological polar surface area (TPSA) is 150 Å². The number of anilines is 3. The molecule has 17 heteroatoms. The minimum absolute atomic E-state index is 0.0177. The molecule has 3 fully saturated rings. The Morgan fingerprint density at radius 2 is 1.68 bits per heavy atom. The van der Waals surface area contributed by atoms with Gasteiger partial charge in [-0.1, -0.05) is 39.3 Å². The highest BCUT2D eigenvalue weighted by Gasteiger charge is 2.64. The molecule has 3 aliphatic heterocycles. The summed E-state index contributed by atoms with van der Waals surface area (Å²) in [4.78, 5) is 42.0. The molecule has 69 heavy (non-hydrogen) atoms. The number of hydrogen-bond acceptors (Lipinski definition) is 10. The molecule has 5 aromatic rings. The Hall–Kier alpha value is -6.08. The summed E-state index contributed by atoms with van der Waals surface area (Å²) in [6.45, 7) is 13.3. The van der Waals surface area contributed by atoms with Gasteiger partial charge in [0.15, 0.2) is 5.82 Å². The predicted molar refractivity (Wildman–Crippen MR) is 259 cm³/mol. The number of amides is 2. The van der Waals surface area contributed by atoms with Crippen LogP contribution in [0.3, 0.4) is 0 Å². The van der Waals surface area contributed by atoms with Crippen molar-refractivity contribution in [1.29, 1.82) is 5.26 Å². The second-order valence-corrected chi connectivity index (χ2v) is 21.6. The molecule has 0 unspecified atom stereocenters. The fourth-order valence-electron chi connectivity index (χ4n) is 12.6. The van der Waals surface area contributed by atoms with E-state index < -0.39 is 17.3 Å². The molecule has 2 aromatic carbocycles. The minimum Gasteiger partial charge on any atom is -0.489 e. The van der Waals surface area contributed by atoms with Crippen LogP contribution < -0.4 is 19.9 Å². The fraction of sp³-hybridized carbons (Fsp3) is 0.519. The number of aromatic nitrogens is 6. The van der Waals surface area contributed by atoms with Crippen LogP contribution in [0.2, 0.25) is 5.02 Å². The summed E-state index contributed by atoms with van der Waals surface area (Å²) in [5.74, 6) is 1.77. The smallest absolute Gasteiger partial charge is 0.264 e. The number of carbonyl (C=O) groups excluding carboxylic acids is 2. The Morgan fingerprint density at radius 1 is 0.957 bits per heavy atom. The number of carbonyl (C=O) groups is 2. The standard InChI is InChI=1S/C52H60ClF2N11O3/c1-31(67)64-19-13-42-40(30-64)45(65-18-7-8-32-22-38(35-28-59-62(6)29-35)39(44(54)55)24-43(32)65)61-66(42)36-11-14-52(15-12-36)16-20-63(21-17-52)49-57-26-34(27-58-49)46(68)60-47-50(2,3)48(51(47,4)5)69-37-10-9-33(25-56)41(53)23-37/h9-10,22-24,26-29,36,44,47-48H,7-8,11-21,30H2,1-6H3,(H,60,68). The van der Waals surface area contributed by atoms with Gasteiger partial charge in [-0.25, -0.2) is 18.7 Å². The third-order valence-corrected chi connectivity index (χ3v) is 16.5. The third-order valence-electron chi connectivity index (χ3n) is 16.2. The van der Waals surface area contributed by atoms with Crippen molar-refractivity contribution >= 4 is 40.9 Å². The molecule has 2 saturated carbocycles. The zero-order valence-corrected chi connectivity index (χ0v) is 41.0. The van der Waals surface area contributed by atoms with Crippen molar-refractivity contribution in [2.24, 2.45) is 23.3 Å². The largest absolute Gasteiger partial charge is 0.489 e. The Morgan fingerprint density at radius 3 is 2.32 bits per heavy atom. The second kappa shape index (κ2) is 17.7. The molecule has 0 radical (unpaired) electrons. The summed E-state index contributed by atoms with van der Waals surface area (Å²) in [6.07, 6.45) is 12.2. The number of nitrogens with one attached hydrogen (secondary N) is 1. The van der Waals surface area contributed by atoms with Crippen molar-refractivity contribution in [3.05, 3.63) is 93.7 Å². The highest BCUT2D eigenvalue weighted by Crippen LogP contribution is 2.56. The molecule has 0 atom stereocenters. The Labute approximate surface area is 407 Å². The zero-order valence-electron chi connectivity index (χ0n) is 40.2. The lowest BCUT2D eigenvalue weighted by Gasteiger charge is -2.63. The highest BCUT2D eigenvalue weighted by atomic mass is 35.5. The highest BCUT2D eigenvalue weighted by molar-refractivity contribution is 6.31. The first-order valence-electron chi connectivity index (χ1n) is 24.3.